The van der Waals surface area contributed by atoms with E-state index in [2.05, 4.69) is 4.99 Å². The number of carbonyl (C=O) groups excluding carboxylic acids is 1. The van der Waals surface area contributed by atoms with Gasteiger partial charge >= 0.3 is 5.97 Å². The zero-order valence-corrected chi connectivity index (χ0v) is 14.8. The number of amidine groups is 1. The summed E-state index contributed by atoms with van der Waals surface area (Å²) >= 11 is 1.54. The van der Waals surface area contributed by atoms with Crippen molar-refractivity contribution in [2.45, 2.75) is 0 Å². The molecule has 132 valence electrons. The van der Waals surface area contributed by atoms with Crippen molar-refractivity contribution in [2.24, 2.45) is 4.99 Å². The van der Waals surface area contributed by atoms with Gasteiger partial charge in [-0.2, -0.15) is 0 Å². The number of nitrogens with zero attached hydrogens (tertiary/aromatic N) is 2. The smallest absolute Gasteiger partial charge is 0.323 e. The molecule has 0 aliphatic carbocycles. The van der Waals surface area contributed by atoms with Gasteiger partial charge in [-0.05, 0) is 47.4 Å². The van der Waals surface area contributed by atoms with Crippen molar-refractivity contribution in [3.63, 3.8) is 0 Å². The van der Waals surface area contributed by atoms with E-state index in [1.165, 1.54) is 0 Å². The van der Waals surface area contributed by atoms with Crippen LogP contribution in [0.25, 0.3) is 12.2 Å². The lowest BCUT2D eigenvalue weighted by Gasteiger charge is -2.12. The summed E-state index contributed by atoms with van der Waals surface area (Å²) < 4.78 is 5.11. The predicted molar refractivity (Wildman–Crippen MR) is 101 cm³/mol. The van der Waals surface area contributed by atoms with Gasteiger partial charge in [-0.3, -0.25) is 14.5 Å². The van der Waals surface area contributed by atoms with Gasteiger partial charge in [0.2, 0.25) is 0 Å². The maximum absolute atomic E-state index is 12.6. The first-order valence-electron chi connectivity index (χ1n) is 7.76. The van der Waals surface area contributed by atoms with E-state index in [0.29, 0.717) is 11.6 Å². The molecule has 0 bridgehead atoms. The first-order valence-corrected chi connectivity index (χ1v) is 8.64. The van der Waals surface area contributed by atoms with Gasteiger partial charge in [-0.15, -0.1) is 11.3 Å². The summed E-state index contributed by atoms with van der Waals surface area (Å²) in [6, 6.07) is 11.0. The maximum atomic E-state index is 12.6. The van der Waals surface area contributed by atoms with E-state index in [0.717, 1.165) is 15.3 Å². The lowest BCUT2D eigenvalue weighted by atomic mass is 10.2. The summed E-state index contributed by atoms with van der Waals surface area (Å²) in [5.74, 6) is -0.513. The van der Waals surface area contributed by atoms with Gasteiger partial charge < -0.3 is 9.84 Å². The van der Waals surface area contributed by atoms with Crippen LogP contribution in [0.1, 0.15) is 10.4 Å². The number of benzene rings is 1. The van der Waals surface area contributed by atoms with Crippen LogP contribution in [0.2, 0.25) is 0 Å². The number of carboxylic acids is 1. The summed E-state index contributed by atoms with van der Waals surface area (Å²) in [6.07, 6.45) is 5.09. The molecule has 1 aliphatic rings. The third-order valence-electron chi connectivity index (χ3n) is 3.63. The van der Waals surface area contributed by atoms with Crippen molar-refractivity contribution in [1.82, 2.24) is 4.90 Å². The van der Waals surface area contributed by atoms with E-state index >= 15 is 0 Å². The first-order chi connectivity index (χ1) is 12.6. The average Bonchev–Trinajstić information content (AvgIpc) is 3.24. The summed E-state index contributed by atoms with van der Waals surface area (Å²) in [7, 11) is 1.58. The molecule has 0 spiro atoms. The number of methoxy groups -OCH3 is 1. The number of carboxylic acid groups (broad SMARTS) is 1. The highest BCUT2D eigenvalue weighted by atomic mass is 32.1. The zero-order chi connectivity index (χ0) is 18.5. The monoisotopic (exact) mass is 368 g/mol. The van der Waals surface area contributed by atoms with Gasteiger partial charge in [0, 0.05) is 4.88 Å². The predicted octanol–water partition coefficient (Wildman–Crippen LogP) is 3.14. The van der Waals surface area contributed by atoms with Gasteiger partial charge in [-0.25, -0.2) is 4.99 Å². The Morgan fingerprint density at radius 2 is 2.04 bits per heavy atom. The summed E-state index contributed by atoms with van der Waals surface area (Å²) in [5.41, 5.74) is 0.971. The molecule has 1 aromatic carbocycles. The third-order valence-corrected chi connectivity index (χ3v) is 4.47. The Morgan fingerprint density at radius 1 is 1.27 bits per heavy atom. The number of hydrogen-bond donors (Lipinski definition) is 1. The molecule has 0 atom stereocenters. The van der Waals surface area contributed by atoms with Gasteiger partial charge in [0.25, 0.3) is 5.91 Å². The molecule has 1 N–H and O–H groups in total. The first kappa shape index (κ1) is 17.6. The highest BCUT2D eigenvalue weighted by molar-refractivity contribution is 7.10. The lowest BCUT2D eigenvalue weighted by molar-refractivity contribution is -0.140. The topological polar surface area (TPSA) is 79.2 Å². The second kappa shape index (κ2) is 7.79. The fourth-order valence-corrected chi connectivity index (χ4v) is 3.00. The number of hydrogen-bond acceptors (Lipinski definition) is 5. The maximum Gasteiger partial charge on any atom is 0.323 e. The summed E-state index contributed by atoms with van der Waals surface area (Å²) in [6.45, 7) is -0.438. The van der Waals surface area contributed by atoms with E-state index in [1.807, 2.05) is 23.6 Å². The Bertz CT molecular complexity index is 896. The Balaban J connectivity index is 1.90. The van der Waals surface area contributed by atoms with Crippen LogP contribution in [-0.2, 0) is 9.59 Å². The Hall–Kier alpha value is -3.19. The van der Waals surface area contributed by atoms with Crippen LogP contribution < -0.4 is 4.74 Å². The fraction of sp³-hybridized carbons (Fsp3) is 0.105. The zero-order valence-electron chi connectivity index (χ0n) is 14.0. The van der Waals surface area contributed by atoms with Crippen molar-refractivity contribution in [2.75, 3.05) is 13.7 Å². The summed E-state index contributed by atoms with van der Waals surface area (Å²) in [5, 5.41) is 11.0. The molecule has 0 saturated carbocycles. The second-order valence-electron chi connectivity index (χ2n) is 5.41. The average molecular weight is 368 g/mol. The molecule has 6 nitrogen and oxygen atoms in total. The molecule has 3 rings (SSSR count). The molecule has 0 fully saturated rings. The van der Waals surface area contributed by atoms with Crippen molar-refractivity contribution in [3.8, 4) is 5.75 Å². The van der Waals surface area contributed by atoms with E-state index in [9.17, 15) is 9.59 Å². The number of aliphatic carboxylic acids is 1. The number of carbonyl (C=O) groups is 2. The number of thiophene rings is 1. The van der Waals surface area contributed by atoms with E-state index in [-0.39, 0.29) is 5.70 Å². The molecule has 7 heteroatoms. The normalized spacial score (nSPS) is 15.7. The number of aliphatic imine (C=N–C) groups is 1. The molecule has 1 aromatic heterocycles. The van der Waals surface area contributed by atoms with Crippen LogP contribution in [0.3, 0.4) is 0 Å². The van der Waals surface area contributed by atoms with E-state index in [1.54, 1.807) is 54.9 Å². The largest absolute Gasteiger partial charge is 0.497 e. The van der Waals surface area contributed by atoms with Crippen LogP contribution >= 0.6 is 11.3 Å². The molecule has 1 amide bonds. The van der Waals surface area contributed by atoms with Crippen molar-refractivity contribution in [1.29, 1.82) is 0 Å². The molecular weight excluding hydrogens is 352 g/mol. The second-order valence-corrected chi connectivity index (χ2v) is 6.39. The Kier molecular flexibility index (Phi) is 5.28. The fourth-order valence-electron chi connectivity index (χ4n) is 2.38. The minimum Gasteiger partial charge on any atom is -0.497 e. The van der Waals surface area contributed by atoms with Gasteiger partial charge in [-0.1, -0.05) is 18.2 Å². The highest BCUT2D eigenvalue weighted by Crippen LogP contribution is 2.21. The van der Waals surface area contributed by atoms with Crippen LogP contribution in [-0.4, -0.2) is 41.4 Å². The van der Waals surface area contributed by atoms with Crippen molar-refractivity contribution < 1.29 is 19.4 Å². The number of amides is 1. The van der Waals surface area contributed by atoms with Gasteiger partial charge in [0.05, 0.1) is 7.11 Å². The third kappa shape index (κ3) is 4.07. The Morgan fingerprint density at radius 3 is 2.65 bits per heavy atom. The molecule has 2 aromatic rings. The highest BCUT2D eigenvalue weighted by Gasteiger charge is 2.30. The van der Waals surface area contributed by atoms with E-state index < -0.39 is 18.4 Å². The molecule has 0 saturated heterocycles. The molecular formula is C19H16N2O4S. The van der Waals surface area contributed by atoms with Crippen LogP contribution in [0.5, 0.6) is 5.75 Å². The lowest BCUT2D eigenvalue weighted by Crippen LogP contribution is -2.35. The molecule has 0 radical (unpaired) electrons. The van der Waals surface area contributed by atoms with Crippen molar-refractivity contribution in [3.05, 3.63) is 64.0 Å². The minimum absolute atomic E-state index is 0.197. The van der Waals surface area contributed by atoms with Crippen LogP contribution in [0.15, 0.2) is 58.5 Å². The molecule has 26 heavy (non-hydrogen) atoms. The number of rotatable bonds is 6. The molecule has 2 heterocycles. The van der Waals surface area contributed by atoms with Crippen LogP contribution in [0.4, 0.5) is 0 Å². The van der Waals surface area contributed by atoms with Crippen molar-refractivity contribution >= 4 is 41.2 Å². The molecule has 0 unspecified atom stereocenters. The Labute approximate surface area is 154 Å². The minimum atomic E-state index is -1.10. The standard InChI is InChI=1S/C19H16N2O4S/c1-25-14-6-4-13(5-7-14)11-16-19(24)21(12-18(22)23)17(20-16)9-8-15-3-2-10-26-15/h2-11H,12H2,1H3,(H,22,23)/b9-8+,16-11-. The van der Waals surface area contributed by atoms with Gasteiger partial charge in [0.1, 0.15) is 23.8 Å². The van der Waals surface area contributed by atoms with Gasteiger partial charge in [0.15, 0.2) is 0 Å². The van der Waals surface area contributed by atoms with E-state index in [4.69, 9.17) is 9.84 Å². The number of ether oxygens (including phenoxy) is 1. The summed E-state index contributed by atoms with van der Waals surface area (Å²) in [4.78, 5) is 30.1. The quantitative estimate of drug-likeness (QED) is 0.795. The molecule has 1 aliphatic heterocycles. The van der Waals surface area contributed by atoms with Crippen LogP contribution in [0, 0.1) is 0 Å². The SMILES string of the molecule is COc1ccc(/C=C2N=C(/C=C/c3cccs3)N(CC(=O)O)C\2=O)cc1.